The van der Waals surface area contributed by atoms with E-state index in [1.807, 2.05) is 13.0 Å². The summed E-state index contributed by atoms with van der Waals surface area (Å²) in [5.41, 5.74) is 1.85. The van der Waals surface area contributed by atoms with Crippen molar-refractivity contribution in [1.82, 2.24) is 9.78 Å². The lowest BCUT2D eigenvalue weighted by molar-refractivity contribution is 0.161. The third-order valence-corrected chi connectivity index (χ3v) is 4.47. The highest BCUT2D eigenvalue weighted by Crippen LogP contribution is 2.18. The predicted molar refractivity (Wildman–Crippen MR) is 109 cm³/mol. The maximum absolute atomic E-state index is 13.6. The zero-order chi connectivity index (χ0) is 21.7. The summed E-state index contributed by atoms with van der Waals surface area (Å²) >= 11 is 5.31. The Morgan fingerprint density at radius 2 is 1.90 bits per heavy atom. The molecule has 0 atom stereocenters. The van der Waals surface area contributed by atoms with Crippen molar-refractivity contribution >= 4 is 24.0 Å². The van der Waals surface area contributed by atoms with Gasteiger partial charge in [-0.1, -0.05) is 31.3 Å². The number of halogens is 3. The Hall–Kier alpha value is -3.20. The van der Waals surface area contributed by atoms with Crippen molar-refractivity contribution in [2.75, 3.05) is 11.9 Å². The molecule has 1 N–H and O–H groups in total. The van der Waals surface area contributed by atoms with Crippen molar-refractivity contribution in [3.8, 4) is 5.69 Å². The molecular formula is C21H18F3N3O2S. The molecule has 0 aliphatic heterocycles. The van der Waals surface area contributed by atoms with Gasteiger partial charge in [-0.3, -0.25) is 5.32 Å². The van der Waals surface area contributed by atoms with E-state index in [1.54, 1.807) is 24.3 Å². The van der Waals surface area contributed by atoms with Crippen LogP contribution in [0.5, 0.6) is 0 Å². The third-order valence-electron chi connectivity index (χ3n) is 4.10. The zero-order valence-corrected chi connectivity index (χ0v) is 16.8. The van der Waals surface area contributed by atoms with Crippen LogP contribution in [0.15, 0.2) is 48.7 Å². The summed E-state index contributed by atoms with van der Waals surface area (Å²) in [4.78, 5) is 11.7. The molecule has 0 radical (unpaired) electrons. The lowest BCUT2D eigenvalue weighted by Crippen LogP contribution is -2.14. The number of hydrogen-bond donors (Lipinski definition) is 1. The molecule has 3 aromatic rings. The smallest absolute Gasteiger partial charge is 0.411 e. The quantitative estimate of drug-likeness (QED) is 0.408. The van der Waals surface area contributed by atoms with Crippen molar-refractivity contribution in [2.24, 2.45) is 0 Å². The number of carbonyl (C=O) groups is 1. The van der Waals surface area contributed by atoms with Crippen molar-refractivity contribution in [2.45, 2.75) is 19.8 Å². The first-order valence-corrected chi connectivity index (χ1v) is 9.54. The Labute approximate surface area is 176 Å². The number of benzene rings is 2. The summed E-state index contributed by atoms with van der Waals surface area (Å²) in [6, 6.07) is 10.3. The number of aromatic nitrogens is 2. The van der Waals surface area contributed by atoms with Crippen molar-refractivity contribution < 1.29 is 22.7 Å². The normalized spacial score (nSPS) is 10.7. The Kier molecular flexibility index (Phi) is 6.83. The molecule has 0 saturated carbocycles. The molecule has 2 aromatic carbocycles. The van der Waals surface area contributed by atoms with E-state index >= 15 is 0 Å². The molecule has 30 heavy (non-hydrogen) atoms. The number of ether oxygens (including phenoxy) is 1. The second kappa shape index (κ2) is 9.53. The minimum atomic E-state index is -1.54. The second-order valence-electron chi connectivity index (χ2n) is 6.43. The van der Waals surface area contributed by atoms with Gasteiger partial charge in [0.05, 0.1) is 22.5 Å². The van der Waals surface area contributed by atoms with E-state index in [9.17, 15) is 18.0 Å². The van der Waals surface area contributed by atoms with Crippen LogP contribution in [0, 0.1) is 22.0 Å². The van der Waals surface area contributed by atoms with E-state index in [0.717, 1.165) is 24.1 Å². The SMILES string of the molecule is CCCOC(=O)Nc1cccc(Cc2nn(-c3cc(F)c(F)c(F)c3)ccc2=S)c1. The first-order chi connectivity index (χ1) is 14.4. The van der Waals surface area contributed by atoms with Crippen LogP contribution in [0.1, 0.15) is 24.6 Å². The van der Waals surface area contributed by atoms with Gasteiger partial charge in [0.1, 0.15) is 0 Å². The van der Waals surface area contributed by atoms with Crippen LogP contribution >= 0.6 is 12.2 Å². The van der Waals surface area contributed by atoms with Gasteiger partial charge in [0.25, 0.3) is 0 Å². The highest BCUT2D eigenvalue weighted by atomic mass is 32.1. The highest BCUT2D eigenvalue weighted by molar-refractivity contribution is 7.71. The van der Waals surface area contributed by atoms with Crippen LogP contribution in [-0.4, -0.2) is 22.5 Å². The number of anilines is 1. The van der Waals surface area contributed by atoms with E-state index in [2.05, 4.69) is 10.4 Å². The molecule has 0 bridgehead atoms. The Morgan fingerprint density at radius 1 is 1.17 bits per heavy atom. The summed E-state index contributed by atoms with van der Waals surface area (Å²) in [5.74, 6) is -4.16. The highest BCUT2D eigenvalue weighted by Gasteiger charge is 2.12. The van der Waals surface area contributed by atoms with Crippen molar-refractivity contribution in [3.05, 3.63) is 81.9 Å². The molecule has 1 heterocycles. The van der Waals surface area contributed by atoms with Gasteiger partial charge in [-0.15, -0.1) is 0 Å². The molecule has 0 spiro atoms. The van der Waals surface area contributed by atoms with Gasteiger partial charge in [-0.2, -0.15) is 5.10 Å². The van der Waals surface area contributed by atoms with Crippen LogP contribution < -0.4 is 5.32 Å². The molecule has 0 aliphatic rings. The van der Waals surface area contributed by atoms with Crippen LogP contribution in [-0.2, 0) is 11.2 Å². The van der Waals surface area contributed by atoms with Gasteiger partial charge in [0, 0.05) is 30.4 Å². The number of amides is 1. The summed E-state index contributed by atoms with van der Waals surface area (Å²) in [5, 5.41) is 6.97. The van der Waals surface area contributed by atoms with Crippen molar-refractivity contribution in [1.29, 1.82) is 0 Å². The Balaban J connectivity index is 1.84. The predicted octanol–water partition coefficient (Wildman–Crippen LogP) is 5.57. The fraction of sp³-hybridized carbons (Fsp3) is 0.190. The summed E-state index contributed by atoms with van der Waals surface area (Å²) in [7, 11) is 0. The monoisotopic (exact) mass is 433 g/mol. The largest absolute Gasteiger partial charge is 0.449 e. The average Bonchev–Trinajstić information content (AvgIpc) is 2.72. The van der Waals surface area contributed by atoms with Crippen LogP contribution in [0.3, 0.4) is 0 Å². The lowest BCUT2D eigenvalue weighted by atomic mass is 10.1. The molecule has 0 unspecified atom stereocenters. The molecule has 0 fully saturated rings. The third kappa shape index (κ3) is 5.24. The van der Waals surface area contributed by atoms with Crippen LogP contribution in [0.25, 0.3) is 5.69 Å². The van der Waals surface area contributed by atoms with E-state index < -0.39 is 23.5 Å². The fourth-order valence-corrected chi connectivity index (χ4v) is 2.86. The summed E-state index contributed by atoms with van der Waals surface area (Å²) in [6.45, 7) is 2.22. The average molecular weight is 433 g/mol. The maximum Gasteiger partial charge on any atom is 0.411 e. The maximum atomic E-state index is 13.6. The molecule has 0 aliphatic carbocycles. The van der Waals surface area contributed by atoms with Gasteiger partial charge >= 0.3 is 6.09 Å². The first-order valence-electron chi connectivity index (χ1n) is 9.14. The zero-order valence-electron chi connectivity index (χ0n) is 16.0. The standard InChI is InChI=1S/C21H18F3N3O2S/c1-2-8-29-21(28)25-14-5-3-4-13(9-14)10-18-19(30)6-7-27(26-18)15-11-16(22)20(24)17(23)12-15/h3-7,9,11-12H,2,8,10H2,1H3,(H,25,28). The molecule has 0 saturated heterocycles. The molecule has 3 rings (SSSR count). The van der Waals surface area contributed by atoms with E-state index in [4.69, 9.17) is 17.0 Å². The lowest BCUT2D eigenvalue weighted by Gasteiger charge is -2.10. The molecule has 5 nitrogen and oxygen atoms in total. The summed E-state index contributed by atoms with van der Waals surface area (Å²) in [6.07, 6.45) is 1.93. The van der Waals surface area contributed by atoms with Gasteiger partial charge in [0.15, 0.2) is 17.5 Å². The topological polar surface area (TPSA) is 56.1 Å². The molecule has 1 amide bonds. The number of nitrogens with zero attached hydrogens (tertiary/aromatic N) is 2. The molecule has 156 valence electrons. The number of rotatable bonds is 6. The van der Waals surface area contributed by atoms with Crippen LogP contribution in [0.2, 0.25) is 0 Å². The van der Waals surface area contributed by atoms with Gasteiger partial charge in [0.2, 0.25) is 0 Å². The van der Waals surface area contributed by atoms with Crippen molar-refractivity contribution in [3.63, 3.8) is 0 Å². The number of carbonyl (C=O) groups excluding carboxylic acids is 1. The van der Waals surface area contributed by atoms with Gasteiger partial charge in [-0.25, -0.2) is 22.6 Å². The Bertz CT molecular complexity index is 1110. The minimum Gasteiger partial charge on any atom is -0.449 e. The van der Waals surface area contributed by atoms with Gasteiger partial charge in [-0.05, 0) is 30.2 Å². The summed E-state index contributed by atoms with van der Waals surface area (Å²) < 4.78 is 47.0. The first kappa shape index (κ1) is 21.5. The number of hydrogen-bond acceptors (Lipinski definition) is 4. The number of nitrogens with one attached hydrogen (secondary N) is 1. The van der Waals surface area contributed by atoms with E-state index in [1.165, 1.54) is 10.9 Å². The second-order valence-corrected chi connectivity index (χ2v) is 6.87. The fourth-order valence-electron chi connectivity index (χ4n) is 2.69. The van der Waals surface area contributed by atoms with Crippen LogP contribution in [0.4, 0.5) is 23.7 Å². The van der Waals surface area contributed by atoms with E-state index in [-0.39, 0.29) is 5.69 Å². The molecule has 9 heteroatoms. The molecular weight excluding hydrogens is 415 g/mol. The van der Waals surface area contributed by atoms with Gasteiger partial charge < -0.3 is 4.74 Å². The molecule has 1 aromatic heterocycles. The minimum absolute atomic E-state index is 0.0248. The van der Waals surface area contributed by atoms with E-state index in [0.29, 0.717) is 28.9 Å². The Morgan fingerprint density at radius 3 is 2.60 bits per heavy atom.